The van der Waals surface area contributed by atoms with Gasteiger partial charge < -0.3 is 5.32 Å². The van der Waals surface area contributed by atoms with E-state index in [1.54, 1.807) is 6.92 Å². The van der Waals surface area contributed by atoms with Gasteiger partial charge in [0, 0.05) is 0 Å². The van der Waals surface area contributed by atoms with Crippen molar-refractivity contribution in [1.82, 2.24) is 5.32 Å². The molecule has 18 heavy (non-hydrogen) atoms. The number of nitrogens with one attached hydrogen (secondary N) is 1. The Morgan fingerprint density at radius 2 is 1.94 bits per heavy atom. The first-order valence-electron chi connectivity index (χ1n) is 5.41. The van der Waals surface area contributed by atoms with Crippen LogP contribution in [0.5, 0.6) is 0 Å². The second kappa shape index (κ2) is 3.96. The molecule has 6 heteroatoms. The molecule has 1 aromatic rings. The molecule has 0 bridgehead atoms. The van der Waals surface area contributed by atoms with Crippen LogP contribution in [-0.2, 0) is 0 Å². The van der Waals surface area contributed by atoms with Crippen molar-refractivity contribution in [2.24, 2.45) is 0 Å². The zero-order valence-electron chi connectivity index (χ0n) is 9.57. The molecule has 1 N–H and O–H groups in total. The molecule has 98 valence electrons. The molecule has 0 atom stereocenters. The third-order valence-electron chi connectivity index (χ3n) is 3.01. The van der Waals surface area contributed by atoms with Crippen molar-refractivity contribution in [3.05, 3.63) is 35.1 Å². The summed E-state index contributed by atoms with van der Waals surface area (Å²) in [5.41, 5.74) is -1.91. The third kappa shape index (κ3) is 2.19. The average molecular weight is 261 g/mol. The van der Waals surface area contributed by atoms with Crippen LogP contribution in [0.4, 0.5) is 17.6 Å². The summed E-state index contributed by atoms with van der Waals surface area (Å²) < 4.78 is 51.3. The van der Waals surface area contributed by atoms with Gasteiger partial charge in [-0.1, -0.05) is 11.6 Å². The number of rotatable bonds is 2. The lowest BCUT2D eigenvalue weighted by Gasteiger charge is -2.20. The number of alkyl halides is 3. The molecule has 2 nitrogen and oxygen atoms in total. The lowest BCUT2D eigenvalue weighted by atomic mass is 10.1. The number of hydrogen-bond acceptors (Lipinski definition) is 1. The summed E-state index contributed by atoms with van der Waals surface area (Å²) in [6, 6.07) is 3.75. The number of amides is 1. The number of carbonyl (C=O) groups is 1. The first-order chi connectivity index (χ1) is 8.25. The molecule has 1 saturated carbocycles. The quantitative estimate of drug-likeness (QED) is 0.815. The van der Waals surface area contributed by atoms with Gasteiger partial charge in [-0.3, -0.25) is 4.79 Å². The Morgan fingerprint density at radius 3 is 2.44 bits per heavy atom. The van der Waals surface area contributed by atoms with Crippen LogP contribution in [0.2, 0.25) is 0 Å². The number of benzene rings is 1. The number of halogens is 4. The Bertz CT molecular complexity index is 491. The van der Waals surface area contributed by atoms with Crippen molar-refractivity contribution in [3.63, 3.8) is 0 Å². The molecule has 0 saturated heterocycles. The minimum absolute atomic E-state index is 0.157. The van der Waals surface area contributed by atoms with E-state index in [-0.39, 0.29) is 18.4 Å². The third-order valence-corrected chi connectivity index (χ3v) is 3.01. The van der Waals surface area contributed by atoms with Gasteiger partial charge in [-0.2, -0.15) is 13.2 Å². The second-order valence-corrected chi connectivity index (χ2v) is 4.52. The highest BCUT2D eigenvalue weighted by atomic mass is 19.4. The van der Waals surface area contributed by atoms with Crippen LogP contribution in [-0.4, -0.2) is 17.6 Å². The van der Waals surface area contributed by atoms with E-state index in [2.05, 4.69) is 0 Å². The van der Waals surface area contributed by atoms with Crippen LogP contribution in [0.15, 0.2) is 18.2 Å². The highest BCUT2D eigenvalue weighted by molar-refractivity contribution is 5.95. The van der Waals surface area contributed by atoms with Gasteiger partial charge in [-0.15, -0.1) is 0 Å². The van der Waals surface area contributed by atoms with Gasteiger partial charge in [0.05, 0.1) is 5.56 Å². The highest BCUT2D eigenvalue weighted by Gasteiger charge is 2.64. The van der Waals surface area contributed by atoms with Crippen molar-refractivity contribution in [3.8, 4) is 0 Å². The molecular weight excluding hydrogens is 250 g/mol. The Kier molecular flexibility index (Phi) is 2.83. The number of aryl methyl sites for hydroxylation is 1. The number of carbonyl (C=O) groups excluding carboxylic acids is 1. The summed E-state index contributed by atoms with van der Waals surface area (Å²) in [5, 5.41) is 1.89. The Morgan fingerprint density at radius 1 is 1.33 bits per heavy atom. The Labute approximate surface area is 101 Å². The van der Waals surface area contributed by atoms with Gasteiger partial charge in [0.25, 0.3) is 5.91 Å². The molecule has 1 aromatic carbocycles. The van der Waals surface area contributed by atoms with E-state index in [4.69, 9.17) is 0 Å². The zero-order chi connectivity index (χ0) is 13.6. The summed E-state index contributed by atoms with van der Waals surface area (Å²) in [5.74, 6) is -1.85. The molecule has 1 aliphatic rings. The van der Waals surface area contributed by atoms with Gasteiger partial charge in [0.15, 0.2) is 0 Å². The van der Waals surface area contributed by atoms with Crippen molar-refractivity contribution >= 4 is 5.91 Å². The predicted molar refractivity (Wildman–Crippen MR) is 56.6 cm³/mol. The van der Waals surface area contributed by atoms with E-state index in [0.29, 0.717) is 5.56 Å². The molecule has 0 radical (unpaired) electrons. The Balaban J connectivity index is 2.21. The minimum atomic E-state index is -4.50. The molecule has 0 heterocycles. The van der Waals surface area contributed by atoms with Crippen LogP contribution in [0.3, 0.4) is 0 Å². The first-order valence-corrected chi connectivity index (χ1v) is 5.41. The smallest absolute Gasteiger partial charge is 0.338 e. The predicted octanol–water partition coefficient (Wildman–Crippen LogP) is 2.96. The van der Waals surface area contributed by atoms with E-state index in [9.17, 15) is 22.4 Å². The minimum Gasteiger partial charge on any atom is -0.338 e. The van der Waals surface area contributed by atoms with E-state index in [1.807, 2.05) is 5.32 Å². The lowest BCUT2D eigenvalue weighted by molar-refractivity contribution is -0.163. The fraction of sp³-hybridized carbons (Fsp3) is 0.417. The summed E-state index contributed by atoms with van der Waals surface area (Å²) >= 11 is 0. The second-order valence-electron chi connectivity index (χ2n) is 4.52. The van der Waals surface area contributed by atoms with E-state index < -0.39 is 23.4 Å². The molecule has 0 spiro atoms. The molecule has 1 amide bonds. The van der Waals surface area contributed by atoms with Crippen molar-refractivity contribution in [2.45, 2.75) is 31.5 Å². The standard InChI is InChI=1S/C12H11F4NO/c1-7-2-3-9(13)8(6-7)10(18)17-11(4-5-11)12(14,15)16/h2-3,6H,4-5H2,1H3,(H,17,18). The SMILES string of the molecule is Cc1ccc(F)c(C(=O)NC2(C(F)(F)F)CC2)c1. The maximum atomic E-state index is 13.4. The van der Waals surface area contributed by atoms with Gasteiger partial charge >= 0.3 is 6.18 Å². The van der Waals surface area contributed by atoms with Crippen molar-refractivity contribution in [1.29, 1.82) is 0 Å². The lowest BCUT2D eigenvalue weighted by Crippen LogP contribution is -2.48. The first kappa shape index (κ1) is 12.9. The molecule has 0 aliphatic heterocycles. The maximum Gasteiger partial charge on any atom is 0.411 e. The normalized spacial score (nSPS) is 17.4. The topological polar surface area (TPSA) is 29.1 Å². The largest absolute Gasteiger partial charge is 0.411 e. The molecule has 0 unspecified atom stereocenters. The average Bonchev–Trinajstić information content (AvgIpc) is 3.01. The van der Waals surface area contributed by atoms with Crippen molar-refractivity contribution in [2.75, 3.05) is 0 Å². The van der Waals surface area contributed by atoms with Gasteiger partial charge in [0.1, 0.15) is 11.4 Å². The van der Waals surface area contributed by atoms with Crippen LogP contribution in [0.25, 0.3) is 0 Å². The number of hydrogen-bond donors (Lipinski definition) is 1. The zero-order valence-corrected chi connectivity index (χ0v) is 9.57. The van der Waals surface area contributed by atoms with Gasteiger partial charge in [-0.25, -0.2) is 4.39 Å². The highest BCUT2D eigenvalue weighted by Crippen LogP contribution is 2.49. The van der Waals surface area contributed by atoms with Crippen LogP contribution >= 0.6 is 0 Å². The van der Waals surface area contributed by atoms with Crippen molar-refractivity contribution < 1.29 is 22.4 Å². The molecular formula is C12H11F4NO. The molecule has 1 aliphatic carbocycles. The van der Waals surface area contributed by atoms with E-state index in [1.165, 1.54) is 12.1 Å². The van der Waals surface area contributed by atoms with E-state index >= 15 is 0 Å². The van der Waals surface area contributed by atoms with E-state index in [0.717, 1.165) is 6.07 Å². The molecule has 2 rings (SSSR count). The molecule has 0 aromatic heterocycles. The summed E-state index contributed by atoms with van der Waals surface area (Å²) in [4.78, 5) is 11.7. The summed E-state index contributed by atoms with van der Waals surface area (Å²) in [6.07, 6.45) is -4.81. The summed E-state index contributed by atoms with van der Waals surface area (Å²) in [7, 11) is 0. The Hall–Kier alpha value is -1.59. The van der Waals surface area contributed by atoms with Gasteiger partial charge in [0.2, 0.25) is 0 Å². The monoisotopic (exact) mass is 261 g/mol. The molecule has 1 fully saturated rings. The van der Waals surface area contributed by atoms with Crippen LogP contribution < -0.4 is 5.32 Å². The fourth-order valence-corrected chi connectivity index (χ4v) is 1.70. The maximum absolute atomic E-state index is 13.4. The van der Waals surface area contributed by atoms with Crippen LogP contribution in [0, 0.1) is 12.7 Å². The summed E-state index contributed by atoms with van der Waals surface area (Å²) in [6.45, 7) is 1.63. The fourth-order valence-electron chi connectivity index (χ4n) is 1.70. The van der Waals surface area contributed by atoms with Crippen LogP contribution in [0.1, 0.15) is 28.8 Å². The van der Waals surface area contributed by atoms with Gasteiger partial charge in [-0.05, 0) is 31.9 Å².